The topological polar surface area (TPSA) is 101 Å². The van der Waals surface area contributed by atoms with E-state index >= 15 is 0 Å². The van der Waals surface area contributed by atoms with E-state index in [9.17, 15) is 23.5 Å². The van der Waals surface area contributed by atoms with E-state index in [4.69, 9.17) is 0 Å². The quantitative estimate of drug-likeness (QED) is 0.408. The number of carbonyl (C=O) groups excluding carboxylic acids is 2. The Morgan fingerprint density at radius 2 is 1.80 bits per heavy atom. The first-order valence-electron chi connectivity index (χ1n) is 5.19. The van der Waals surface area contributed by atoms with Crippen LogP contribution in [0, 0.1) is 5.92 Å². The Hall–Kier alpha value is 0.270. The molecule has 1 aliphatic heterocycles. The van der Waals surface area contributed by atoms with Crippen LogP contribution in [-0.2, 0) is 20.7 Å². The molecule has 0 aromatic heterocycles. The zero-order valence-electron chi connectivity index (χ0n) is 11.2. The van der Waals surface area contributed by atoms with Crippen molar-refractivity contribution in [3.8, 4) is 0 Å². The maximum Gasteiger partial charge on any atom is 1.00 e. The van der Waals surface area contributed by atoms with Crippen LogP contribution in [0.1, 0.15) is 6.42 Å². The fourth-order valence-electron chi connectivity index (χ4n) is 1.85. The second-order valence-corrected chi connectivity index (χ2v) is 4.89. The molecule has 0 spiro atoms. The minimum absolute atomic E-state index is 0. The van der Waals surface area contributed by atoms with Crippen molar-refractivity contribution in [2.45, 2.75) is 11.3 Å². The number of nitrogens with zero attached hydrogens (tertiary/aromatic N) is 1. The van der Waals surface area contributed by atoms with Crippen LogP contribution < -0.4 is 69.1 Å². The second kappa shape index (κ2) is 8.65. The van der Waals surface area contributed by atoms with Gasteiger partial charge in [-0.05, 0) is 35.3 Å². The van der Waals surface area contributed by atoms with Crippen molar-refractivity contribution in [2.75, 3.05) is 11.4 Å². The van der Waals surface area contributed by atoms with Gasteiger partial charge in [0.2, 0.25) is 5.91 Å². The summed E-state index contributed by atoms with van der Waals surface area (Å²) in [5, 5.41) is 10.7. The van der Waals surface area contributed by atoms with Crippen LogP contribution in [0.25, 0.3) is 0 Å². The van der Waals surface area contributed by atoms with Crippen molar-refractivity contribution in [1.82, 2.24) is 0 Å². The number of rotatable bonds is 3. The summed E-state index contributed by atoms with van der Waals surface area (Å²) >= 11 is -2.32. The molecule has 0 saturated carbocycles. The molecular formula is C11H9NNa2O5S. The molecule has 1 aromatic rings. The number of carboxylic acid groups (broad SMARTS) is 1. The molecule has 6 nitrogen and oxygen atoms in total. The molecular weight excluding hydrogens is 304 g/mol. The number of anilines is 1. The van der Waals surface area contributed by atoms with Gasteiger partial charge >= 0.3 is 59.1 Å². The van der Waals surface area contributed by atoms with Gasteiger partial charge < -0.3 is 19.4 Å². The SMILES string of the molecule is O=C([O-])C1CC(=O)N(c2ccc(S(=O)[O-])cc2)C1.[Na+].[Na+]. The van der Waals surface area contributed by atoms with E-state index in [1.165, 1.54) is 29.2 Å². The van der Waals surface area contributed by atoms with Gasteiger partial charge in [0, 0.05) is 35.4 Å². The fourth-order valence-corrected chi connectivity index (χ4v) is 2.21. The molecule has 0 aliphatic carbocycles. The van der Waals surface area contributed by atoms with Crippen LogP contribution in [0.15, 0.2) is 29.2 Å². The molecule has 1 saturated heterocycles. The first kappa shape index (κ1) is 20.3. The van der Waals surface area contributed by atoms with Crippen LogP contribution in [0.2, 0.25) is 0 Å². The minimum atomic E-state index is -2.32. The van der Waals surface area contributed by atoms with E-state index in [1.807, 2.05) is 0 Å². The average molecular weight is 313 g/mol. The van der Waals surface area contributed by atoms with Crippen molar-refractivity contribution in [3.05, 3.63) is 24.3 Å². The van der Waals surface area contributed by atoms with E-state index in [1.54, 1.807) is 0 Å². The van der Waals surface area contributed by atoms with Gasteiger partial charge in [-0.2, -0.15) is 0 Å². The Morgan fingerprint density at radius 1 is 1.25 bits per heavy atom. The first-order chi connectivity index (χ1) is 8.49. The average Bonchev–Trinajstić information content (AvgIpc) is 2.71. The zero-order valence-corrected chi connectivity index (χ0v) is 16.0. The van der Waals surface area contributed by atoms with Crippen LogP contribution >= 0.6 is 0 Å². The largest absolute Gasteiger partial charge is 1.00 e. The molecule has 20 heavy (non-hydrogen) atoms. The molecule has 2 unspecified atom stereocenters. The number of amides is 1. The van der Waals surface area contributed by atoms with E-state index in [-0.39, 0.29) is 82.9 Å². The normalized spacial score (nSPS) is 18.9. The molecule has 2 rings (SSSR count). The van der Waals surface area contributed by atoms with Crippen LogP contribution in [0.4, 0.5) is 5.69 Å². The summed E-state index contributed by atoms with van der Waals surface area (Å²) in [7, 11) is 0. The molecule has 1 fully saturated rings. The Morgan fingerprint density at radius 3 is 2.20 bits per heavy atom. The van der Waals surface area contributed by atoms with Gasteiger partial charge in [0.25, 0.3) is 0 Å². The summed E-state index contributed by atoms with van der Waals surface area (Å²) in [5.74, 6) is -2.37. The Kier molecular flexibility index (Phi) is 8.77. The summed E-state index contributed by atoms with van der Waals surface area (Å²) in [5.41, 5.74) is 0.484. The maximum absolute atomic E-state index is 11.6. The van der Waals surface area contributed by atoms with Crippen LogP contribution in [-0.4, -0.2) is 27.2 Å². The third-order valence-electron chi connectivity index (χ3n) is 2.80. The summed E-state index contributed by atoms with van der Waals surface area (Å²) in [4.78, 5) is 23.7. The van der Waals surface area contributed by atoms with Crippen molar-refractivity contribution in [2.24, 2.45) is 5.92 Å². The molecule has 2 atom stereocenters. The maximum atomic E-state index is 11.6. The summed E-state index contributed by atoms with van der Waals surface area (Å²) in [6.45, 7) is 0.0565. The number of carboxylic acids is 1. The van der Waals surface area contributed by atoms with Crippen molar-refractivity contribution in [1.29, 1.82) is 0 Å². The smallest absolute Gasteiger partial charge is 0.768 e. The van der Waals surface area contributed by atoms with E-state index in [0.29, 0.717) is 5.69 Å². The van der Waals surface area contributed by atoms with E-state index in [0.717, 1.165) is 0 Å². The van der Waals surface area contributed by atoms with Crippen molar-refractivity contribution < 1.29 is 82.6 Å². The van der Waals surface area contributed by atoms with E-state index in [2.05, 4.69) is 0 Å². The minimum Gasteiger partial charge on any atom is -0.768 e. The standard InChI is InChI=1S/C11H11NO5S.2Na/c13-10-5-7(11(14)15)6-12(10)8-1-3-9(4-2-8)18(16)17;;/h1-4,7H,5-6H2,(H,14,15)(H,16,17);;/q;2*+1/p-2. The van der Waals surface area contributed by atoms with Gasteiger partial charge in [-0.1, -0.05) is 0 Å². The first-order valence-corrected chi connectivity index (χ1v) is 6.27. The zero-order chi connectivity index (χ0) is 13.3. The Labute approximate surface area is 162 Å². The number of benzene rings is 1. The summed E-state index contributed by atoms with van der Waals surface area (Å²) in [6, 6.07) is 5.66. The fraction of sp³-hybridized carbons (Fsp3) is 0.273. The van der Waals surface area contributed by atoms with Gasteiger partial charge in [-0.15, -0.1) is 0 Å². The number of aliphatic carboxylic acids is 1. The van der Waals surface area contributed by atoms with E-state index < -0.39 is 23.0 Å². The predicted octanol–water partition coefficient (Wildman–Crippen LogP) is -6.96. The van der Waals surface area contributed by atoms with Crippen molar-refractivity contribution >= 4 is 28.6 Å². The predicted molar refractivity (Wildman–Crippen MR) is 59.1 cm³/mol. The number of hydrogen-bond acceptors (Lipinski definition) is 5. The molecule has 96 valence electrons. The van der Waals surface area contributed by atoms with Gasteiger partial charge in [-0.25, -0.2) is 0 Å². The molecule has 1 aliphatic rings. The summed E-state index contributed by atoms with van der Waals surface area (Å²) in [6.07, 6.45) is -0.0857. The molecule has 0 N–H and O–H groups in total. The third kappa shape index (κ3) is 4.64. The molecule has 1 heterocycles. The molecule has 0 radical (unpaired) electrons. The van der Waals surface area contributed by atoms with Gasteiger partial charge in [-0.3, -0.25) is 9.00 Å². The van der Waals surface area contributed by atoms with Crippen LogP contribution in [0.3, 0.4) is 0 Å². The Balaban J connectivity index is 0.00000180. The number of carbonyl (C=O) groups is 2. The Bertz CT molecular complexity index is 522. The monoisotopic (exact) mass is 313 g/mol. The second-order valence-electron chi connectivity index (χ2n) is 3.95. The summed E-state index contributed by atoms with van der Waals surface area (Å²) < 4.78 is 21.3. The van der Waals surface area contributed by atoms with Crippen LogP contribution in [0.5, 0.6) is 0 Å². The molecule has 0 bridgehead atoms. The third-order valence-corrected chi connectivity index (χ3v) is 3.46. The molecule has 1 aromatic carbocycles. The molecule has 9 heteroatoms. The van der Waals surface area contributed by atoms with Gasteiger partial charge in [0.1, 0.15) is 0 Å². The number of hydrogen-bond donors (Lipinski definition) is 0. The van der Waals surface area contributed by atoms with Crippen molar-refractivity contribution in [3.63, 3.8) is 0 Å². The van der Waals surface area contributed by atoms with Gasteiger partial charge in [0.05, 0.1) is 0 Å². The van der Waals surface area contributed by atoms with Gasteiger partial charge in [0.15, 0.2) is 0 Å². The molecule has 1 amide bonds.